The van der Waals surface area contributed by atoms with Gasteiger partial charge in [0, 0.05) is 48.5 Å². The molecule has 0 bridgehead atoms. The lowest BCUT2D eigenvalue weighted by Crippen LogP contribution is -2.14. The highest BCUT2D eigenvalue weighted by Gasteiger charge is 2.36. The minimum absolute atomic E-state index is 0.0542. The van der Waals surface area contributed by atoms with Crippen LogP contribution in [-0.2, 0) is 5.41 Å². The number of fused-ring (bicyclic) bond motifs is 9. The van der Waals surface area contributed by atoms with Gasteiger partial charge in [0.1, 0.15) is 4.83 Å². The van der Waals surface area contributed by atoms with Gasteiger partial charge in [-0.15, -0.1) is 11.3 Å². The molecule has 3 aromatic heterocycles. The SMILES string of the molecule is CC1(C)c2ccccc2-c2cc3c(cc21)c1ccccc1n3-c1cccc(-c2nc(-c3ccccc3)nc3sc4ccccc4c23)c1. The predicted molar refractivity (Wildman–Crippen MR) is 198 cm³/mol. The van der Waals surface area contributed by atoms with Crippen LogP contribution < -0.4 is 0 Å². The molecule has 6 aromatic carbocycles. The first-order valence-electron chi connectivity index (χ1n) is 16.1. The van der Waals surface area contributed by atoms with E-state index in [0.29, 0.717) is 0 Å². The molecule has 0 N–H and O–H groups in total. The molecule has 3 heterocycles. The van der Waals surface area contributed by atoms with Gasteiger partial charge in [-0.05, 0) is 58.7 Å². The quantitative estimate of drug-likeness (QED) is 0.197. The van der Waals surface area contributed by atoms with Crippen LogP contribution in [0.3, 0.4) is 0 Å². The van der Waals surface area contributed by atoms with Crippen LogP contribution >= 0.6 is 11.3 Å². The first-order chi connectivity index (χ1) is 23.1. The second kappa shape index (κ2) is 9.71. The summed E-state index contributed by atoms with van der Waals surface area (Å²) in [4.78, 5) is 11.4. The summed E-state index contributed by atoms with van der Waals surface area (Å²) >= 11 is 1.73. The lowest BCUT2D eigenvalue weighted by molar-refractivity contribution is 0.661. The molecule has 0 saturated carbocycles. The molecule has 0 atom stereocenters. The van der Waals surface area contributed by atoms with Crippen LogP contribution in [0.4, 0.5) is 0 Å². The Kier molecular flexibility index (Phi) is 5.50. The zero-order valence-corrected chi connectivity index (χ0v) is 26.8. The van der Waals surface area contributed by atoms with Crippen molar-refractivity contribution >= 4 is 53.4 Å². The van der Waals surface area contributed by atoms with Gasteiger partial charge in [-0.2, -0.15) is 0 Å². The van der Waals surface area contributed by atoms with Crippen molar-refractivity contribution < 1.29 is 0 Å². The van der Waals surface area contributed by atoms with Gasteiger partial charge >= 0.3 is 0 Å². The van der Waals surface area contributed by atoms with Crippen molar-refractivity contribution in [3.8, 4) is 39.5 Å². The van der Waals surface area contributed by atoms with Crippen LogP contribution in [0.2, 0.25) is 0 Å². The van der Waals surface area contributed by atoms with Gasteiger partial charge in [-0.1, -0.05) is 117 Å². The number of thiophene rings is 1. The summed E-state index contributed by atoms with van der Waals surface area (Å²) in [5.41, 5.74) is 12.0. The third-order valence-electron chi connectivity index (χ3n) is 10.0. The van der Waals surface area contributed by atoms with E-state index in [9.17, 15) is 0 Å². The van der Waals surface area contributed by atoms with Gasteiger partial charge in [0.2, 0.25) is 0 Å². The molecule has 4 heteroatoms. The van der Waals surface area contributed by atoms with Crippen molar-refractivity contribution in [3.63, 3.8) is 0 Å². The van der Waals surface area contributed by atoms with Crippen molar-refractivity contribution in [2.24, 2.45) is 0 Å². The molecule has 0 spiro atoms. The molecule has 0 aliphatic heterocycles. The molecule has 0 radical (unpaired) electrons. The number of hydrogen-bond donors (Lipinski definition) is 0. The van der Waals surface area contributed by atoms with Crippen LogP contribution in [0.15, 0.2) is 140 Å². The normalized spacial score (nSPS) is 13.5. The molecule has 222 valence electrons. The topological polar surface area (TPSA) is 30.7 Å². The summed E-state index contributed by atoms with van der Waals surface area (Å²) in [5, 5.41) is 4.86. The number of nitrogens with zero attached hydrogens (tertiary/aromatic N) is 3. The van der Waals surface area contributed by atoms with Gasteiger partial charge in [-0.25, -0.2) is 9.97 Å². The monoisotopic (exact) mass is 619 g/mol. The molecule has 1 aliphatic rings. The number of benzene rings is 6. The summed E-state index contributed by atoms with van der Waals surface area (Å²) in [7, 11) is 0. The zero-order chi connectivity index (χ0) is 31.3. The molecule has 0 amide bonds. The maximum Gasteiger partial charge on any atom is 0.161 e. The van der Waals surface area contributed by atoms with Crippen LogP contribution in [-0.4, -0.2) is 14.5 Å². The van der Waals surface area contributed by atoms with Crippen LogP contribution in [0.25, 0.3) is 81.6 Å². The number of hydrogen-bond acceptors (Lipinski definition) is 3. The first kappa shape index (κ1) is 26.6. The summed E-state index contributed by atoms with van der Waals surface area (Å²) in [6, 6.07) is 50.3. The molecular formula is C43H29N3S. The van der Waals surface area contributed by atoms with E-state index in [-0.39, 0.29) is 5.41 Å². The van der Waals surface area contributed by atoms with E-state index < -0.39 is 0 Å². The average molecular weight is 620 g/mol. The largest absolute Gasteiger partial charge is 0.309 e. The highest BCUT2D eigenvalue weighted by molar-refractivity contribution is 7.25. The lowest BCUT2D eigenvalue weighted by atomic mass is 9.82. The van der Waals surface area contributed by atoms with Crippen LogP contribution in [0, 0.1) is 0 Å². The first-order valence-corrected chi connectivity index (χ1v) is 16.9. The summed E-state index contributed by atoms with van der Waals surface area (Å²) in [6.45, 7) is 4.71. The Balaban J connectivity index is 1.25. The van der Waals surface area contributed by atoms with E-state index in [1.165, 1.54) is 54.1 Å². The number of aromatic nitrogens is 3. The zero-order valence-electron chi connectivity index (χ0n) is 26.0. The van der Waals surface area contributed by atoms with Crippen molar-refractivity contribution in [2.45, 2.75) is 19.3 Å². The van der Waals surface area contributed by atoms with E-state index >= 15 is 0 Å². The summed E-state index contributed by atoms with van der Waals surface area (Å²) in [6.07, 6.45) is 0. The van der Waals surface area contributed by atoms with Gasteiger partial charge in [0.05, 0.1) is 16.7 Å². The van der Waals surface area contributed by atoms with E-state index in [0.717, 1.165) is 38.5 Å². The summed E-state index contributed by atoms with van der Waals surface area (Å²) < 4.78 is 3.66. The van der Waals surface area contributed by atoms with Crippen LogP contribution in [0.1, 0.15) is 25.0 Å². The second-order valence-corrected chi connectivity index (χ2v) is 14.1. The third kappa shape index (κ3) is 3.79. The fourth-order valence-corrected chi connectivity index (χ4v) is 8.86. The molecule has 9 aromatic rings. The maximum atomic E-state index is 5.29. The Morgan fingerprint density at radius 1 is 0.553 bits per heavy atom. The van der Waals surface area contributed by atoms with E-state index in [4.69, 9.17) is 9.97 Å². The molecular weight excluding hydrogens is 591 g/mol. The average Bonchev–Trinajstić information content (AvgIpc) is 3.73. The fourth-order valence-electron chi connectivity index (χ4n) is 7.78. The standard InChI is InChI=1S/C43H29N3S/c1-43(2)34-20-9-6-17-29(34)32-25-37-33(24-35(32)43)30-18-7-10-21-36(30)46(37)28-16-12-15-27(23-28)40-39-31-19-8-11-22-38(31)47-42(39)45-41(44-40)26-13-4-3-5-14-26/h3-25H,1-2H3. The van der Waals surface area contributed by atoms with Crippen LogP contribution in [0.5, 0.6) is 0 Å². The van der Waals surface area contributed by atoms with Gasteiger partial charge < -0.3 is 4.57 Å². The Hall–Kier alpha value is -5.58. The molecule has 10 rings (SSSR count). The Morgan fingerprint density at radius 2 is 1.30 bits per heavy atom. The van der Waals surface area contributed by atoms with Gasteiger partial charge in [0.15, 0.2) is 5.82 Å². The van der Waals surface area contributed by atoms with E-state index in [2.05, 4.69) is 140 Å². The minimum atomic E-state index is -0.0542. The third-order valence-corrected chi connectivity index (χ3v) is 11.1. The Morgan fingerprint density at radius 3 is 2.19 bits per heavy atom. The van der Waals surface area contributed by atoms with Crippen molar-refractivity contribution in [2.75, 3.05) is 0 Å². The maximum absolute atomic E-state index is 5.29. The van der Waals surface area contributed by atoms with Crippen molar-refractivity contribution in [1.82, 2.24) is 14.5 Å². The number of rotatable bonds is 3. The van der Waals surface area contributed by atoms with Gasteiger partial charge in [-0.3, -0.25) is 0 Å². The Labute approximate surface area is 276 Å². The van der Waals surface area contributed by atoms with Gasteiger partial charge in [0.25, 0.3) is 0 Å². The minimum Gasteiger partial charge on any atom is -0.309 e. The molecule has 3 nitrogen and oxygen atoms in total. The predicted octanol–water partition coefficient (Wildman–Crippen LogP) is 11.6. The molecule has 0 unspecified atom stereocenters. The van der Waals surface area contributed by atoms with E-state index in [1.54, 1.807) is 11.3 Å². The molecule has 47 heavy (non-hydrogen) atoms. The van der Waals surface area contributed by atoms with Crippen molar-refractivity contribution in [1.29, 1.82) is 0 Å². The second-order valence-electron chi connectivity index (χ2n) is 13.0. The molecule has 0 fully saturated rings. The number of para-hydroxylation sites is 1. The molecule has 1 aliphatic carbocycles. The Bertz CT molecular complexity index is 2710. The molecule has 0 saturated heterocycles. The highest BCUT2D eigenvalue weighted by Crippen LogP contribution is 2.51. The fraction of sp³-hybridized carbons (Fsp3) is 0.0698. The highest BCUT2D eigenvalue weighted by atomic mass is 32.1. The van der Waals surface area contributed by atoms with E-state index in [1.807, 2.05) is 18.2 Å². The summed E-state index contributed by atoms with van der Waals surface area (Å²) in [5.74, 6) is 0.749. The lowest BCUT2D eigenvalue weighted by Gasteiger charge is -2.21. The smallest absolute Gasteiger partial charge is 0.161 e. The van der Waals surface area contributed by atoms with Crippen molar-refractivity contribution in [3.05, 3.63) is 151 Å².